The third-order valence-corrected chi connectivity index (χ3v) is 11.2. The Balaban J connectivity index is 2.17. The molecule has 0 saturated carbocycles. The molecule has 3 heterocycles. The first kappa shape index (κ1) is 43.1. The first-order chi connectivity index (χ1) is 23.1. The monoisotopic (exact) mass is 719 g/mol. The Labute approximate surface area is 297 Å². The van der Waals surface area contributed by atoms with Gasteiger partial charge >= 0.3 is 5.97 Å². The highest BCUT2D eigenvalue weighted by Crippen LogP contribution is 2.40. The van der Waals surface area contributed by atoms with E-state index in [1.807, 2.05) is 25.9 Å². The average Bonchev–Trinajstić information content (AvgIpc) is 3.04. The third-order valence-electron chi connectivity index (χ3n) is 11.2. The number of esters is 1. The minimum Gasteiger partial charge on any atom is -0.462 e. The maximum absolute atomic E-state index is 14.0. The van der Waals surface area contributed by atoms with Crippen LogP contribution in [0.15, 0.2) is 0 Å². The SMILES string of the molecule is CC[C@@H]1OC(=O)[C@@H](C)[C@@H](O[C@@H]2C[C@H](OC)[C@@H](O)[C@@H](C)O2)[C@H](C)[C@@H](O[C@H]2O[C@H](C)C[C@H](N(C)C)[C@H]2O)[C@](C)(O)C[C@@](C)(O)C(=O)[C@@H](C)[C@@H](O)[C@@H]1C. The van der Waals surface area contributed by atoms with E-state index in [0.717, 1.165) is 0 Å². The third kappa shape index (κ3) is 9.62. The van der Waals surface area contributed by atoms with Crippen molar-refractivity contribution >= 4 is 11.8 Å². The van der Waals surface area contributed by atoms with Crippen LogP contribution in [0.2, 0.25) is 0 Å². The molecule has 0 aromatic rings. The van der Waals surface area contributed by atoms with Gasteiger partial charge in [-0.25, -0.2) is 0 Å². The summed E-state index contributed by atoms with van der Waals surface area (Å²) in [4.78, 5) is 29.7. The summed E-state index contributed by atoms with van der Waals surface area (Å²) >= 11 is 0. The van der Waals surface area contributed by atoms with Crippen molar-refractivity contribution in [3.8, 4) is 0 Å². The predicted molar refractivity (Wildman–Crippen MR) is 182 cm³/mol. The molecule has 0 aromatic heterocycles. The van der Waals surface area contributed by atoms with Gasteiger partial charge in [-0.3, -0.25) is 9.59 Å². The Hall–Kier alpha value is -1.30. The van der Waals surface area contributed by atoms with Gasteiger partial charge in [-0.1, -0.05) is 27.7 Å². The van der Waals surface area contributed by atoms with Crippen molar-refractivity contribution in [2.24, 2.45) is 23.7 Å². The Morgan fingerprint density at radius 2 is 1.48 bits per heavy atom. The minimum absolute atomic E-state index is 0.128. The van der Waals surface area contributed by atoms with Gasteiger partial charge in [0.2, 0.25) is 0 Å². The quantitative estimate of drug-likeness (QED) is 0.237. The maximum Gasteiger partial charge on any atom is 0.311 e. The van der Waals surface area contributed by atoms with Gasteiger partial charge < -0.3 is 58.9 Å². The summed E-state index contributed by atoms with van der Waals surface area (Å²) in [6.45, 7) is 14.6. The van der Waals surface area contributed by atoms with Gasteiger partial charge in [0.05, 0.1) is 48.1 Å². The van der Waals surface area contributed by atoms with Crippen LogP contribution in [0.25, 0.3) is 0 Å². The lowest BCUT2D eigenvalue weighted by Crippen LogP contribution is -2.61. The van der Waals surface area contributed by atoms with E-state index >= 15 is 0 Å². The van der Waals surface area contributed by atoms with Crippen molar-refractivity contribution in [3.63, 3.8) is 0 Å². The van der Waals surface area contributed by atoms with Crippen LogP contribution >= 0.6 is 0 Å². The molecule has 0 aromatic carbocycles. The molecular formula is C36H65NO13. The van der Waals surface area contributed by atoms with Gasteiger partial charge in [-0.05, 0) is 61.6 Å². The first-order valence-corrected chi connectivity index (χ1v) is 18.1. The maximum atomic E-state index is 14.0. The second-order valence-corrected chi connectivity index (χ2v) is 15.8. The molecule has 3 aliphatic rings. The van der Waals surface area contributed by atoms with E-state index in [-0.39, 0.29) is 18.6 Å². The first-order valence-electron chi connectivity index (χ1n) is 18.1. The number of Topliss-reactive ketones (excluding diaryl/α,β-unsaturated/α-hetero) is 1. The lowest BCUT2D eigenvalue weighted by atomic mass is 9.73. The fraction of sp³-hybridized carbons (Fsp3) is 0.944. The number of rotatable bonds is 7. The number of ether oxygens (including phenoxy) is 6. The molecule has 3 aliphatic heterocycles. The summed E-state index contributed by atoms with van der Waals surface area (Å²) in [6.07, 6.45) is -9.86. The number of aliphatic hydroxyl groups is 5. The van der Waals surface area contributed by atoms with E-state index in [9.17, 15) is 35.1 Å². The molecule has 3 saturated heterocycles. The van der Waals surface area contributed by atoms with Gasteiger partial charge in [-0.2, -0.15) is 0 Å². The number of methoxy groups -OCH3 is 1. The molecule has 3 rings (SSSR count). The molecule has 0 radical (unpaired) electrons. The summed E-state index contributed by atoms with van der Waals surface area (Å²) in [7, 11) is 5.14. The zero-order chi connectivity index (χ0) is 38.0. The van der Waals surface area contributed by atoms with Gasteiger partial charge in [0.1, 0.15) is 23.9 Å². The number of nitrogens with zero attached hydrogens (tertiary/aromatic N) is 1. The van der Waals surface area contributed by atoms with Crippen molar-refractivity contribution in [2.45, 2.75) is 173 Å². The molecule has 0 aliphatic carbocycles. The highest BCUT2D eigenvalue weighted by molar-refractivity contribution is 5.89. The van der Waals surface area contributed by atoms with Crippen molar-refractivity contribution in [3.05, 3.63) is 0 Å². The van der Waals surface area contributed by atoms with Crippen LogP contribution in [0.3, 0.4) is 0 Å². The summed E-state index contributed by atoms with van der Waals surface area (Å²) < 4.78 is 36.7. The molecule has 14 nitrogen and oxygen atoms in total. The van der Waals surface area contributed by atoms with E-state index < -0.39 is 114 Å². The number of hydrogen-bond acceptors (Lipinski definition) is 14. The normalized spacial score (nSPS) is 49.0. The number of carbonyl (C=O) groups is 2. The molecule has 14 heteroatoms. The van der Waals surface area contributed by atoms with Gasteiger partial charge in [-0.15, -0.1) is 0 Å². The van der Waals surface area contributed by atoms with Crippen LogP contribution in [-0.4, -0.2) is 148 Å². The van der Waals surface area contributed by atoms with E-state index in [4.69, 9.17) is 28.4 Å². The summed E-state index contributed by atoms with van der Waals surface area (Å²) in [5, 5.41) is 57.4. The van der Waals surface area contributed by atoms with Gasteiger partial charge in [0.25, 0.3) is 0 Å². The predicted octanol–water partition coefficient (Wildman–Crippen LogP) is 1.40. The number of hydrogen-bond donors (Lipinski definition) is 5. The van der Waals surface area contributed by atoms with E-state index in [1.165, 1.54) is 27.9 Å². The Morgan fingerprint density at radius 3 is 2.04 bits per heavy atom. The Kier molecular flexibility index (Phi) is 14.9. The molecule has 18 atom stereocenters. The zero-order valence-electron chi connectivity index (χ0n) is 32.0. The van der Waals surface area contributed by atoms with Crippen LogP contribution in [0.5, 0.6) is 0 Å². The molecule has 50 heavy (non-hydrogen) atoms. The standard InChI is InChI=1S/C36H65NO13/c1-13-24-18(3)27(38)19(4)31(41)35(8,43)16-36(9,44)32(50-34-29(40)23(37(10)11)14-17(2)46-34)20(5)30(21(6)33(42)48-24)49-26-15-25(45-12)28(39)22(7)47-26/h17-30,32,34,38-40,43-44H,13-16H2,1-12H3/t17-,18-,19+,20+,21+,22-,23+,24+,25+,26-,27+,28+,29-,30+,32-,34-,35-,36-/m1/s1. The minimum atomic E-state index is -2.13. The topological polar surface area (TPSA) is 194 Å². The van der Waals surface area contributed by atoms with Crippen LogP contribution in [-0.2, 0) is 38.0 Å². The van der Waals surface area contributed by atoms with Crippen LogP contribution in [0, 0.1) is 23.7 Å². The highest BCUT2D eigenvalue weighted by atomic mass is 16.7. The van der Waals surface area contributed by atoms with Crippen molar-refractivity contribution in [1.82, 2.24) is 4.90 Å². The molecule has 0 spiro atoms. The van der Waals surface area contributed by atoms with Crippen molar-refractivity contribution in [1.29, 1.82) is 0 Å². The molecule has 292 valence electrons. The summed E-state index contributed by atoms with van der Waals surface area (Å²) in [5.74, 6) is -4.98. The fourth-order valence-corrected chi connectivity index (χ4v) is 8.17. The zero-order valence-corrected chi connectivity index (χ0v) is 32.0. The van der Waals surface area contributed by atoms with Gasteiger partial charge in [0.15, 0.2) is 18.4 Å². The van der Waals surface area contributed by atoms with Crippen LogP contribution in [0.1, 0.15) is 88.0 Å². The molecular weight excluding hydrogens is 654 g/mol. The lowest BCUT2D eigenvalue weighted by molar-refractivity contribution is -0.312. The summed E-state index contributed by atoms with van der Waals surface area (Å²) in [6, 6.07) is -0.349. The van der Waals surface area contributed by atoms with E-state index in [2.05, 4.69) is 0 Å². The second-order valence-electron chi connectivity index (χ2n) is 15.8. The van der Waals surface area contributed by atoms with E-state index in [0.29, 0.717) is 12.8 Å². The van der Waals surface area contributed by atoms with E-state index in [1.54, 1.807) is 34.6 Å². The highest BCUT2D eigenvalue weighted by Gasteiger charge is 2.53. The number of cyclic esters (lactones) is 1. The Morgan fingerprint density at radius 1 is 0.860 bits per heavy atom. The number of likely N-dealkylation sites (N-methyl/N-ethyl adjacent to an activating group) is 1. The second kappa shape index (κ2) is 17.2. The number of carbonyl (C=O) groups excluding carboxylic acids is 2. The van der Waals surface area contributed by atoms with Crippen LogP contribution < -0.4 is 0 Å². The molecule has 0 amide bonds. The number of ketones is 1. The molecule has 3 fully saturated rings. The van der Waals surface area contributed by atoms with Crippen LogP contribution in [0.4, 0.5) is 0 Å². The van der Waals surface area contributed by atoms with Crippen molar-refractivity contribution in [2.75, 3.05) is 21.2 Å². The summed E-state index contributed by atoms with van der Waals surface area (Å²) in [5.41, 5.74) is -4.13. The number of aliphatic hydroxyl groups excluding tert-OH is 3. The lowest BCUT2D eigenvalue weighted by Gasteiger charge is -2.48. The Bertz CT molecular complexity index is 1120. The smallest absolute Gasteiger partial charge is 0.311 e. The molecule has 0 unspecified atom stereocenters. The largest absolute Gasteiger partial charge is 0.462 e. The fourth-order valence-electron chi connectivity index (χ4n) is 8.17. The molecule has 5 N–H and O–H groups in total. The average molecular weight is 720 g/mol. The van der Waals surface area contributed by atoms with Crippen molar-refractivity contribution < 1.29 is 63.5 Å². The van der Waals surface area contributed by atoms with Gasteiger partial charge in [0, 0.05) is 43.7 Å². The molecule has 0 bridgehead atoms.